The third kappa shape index (κ3) is 4.15. The van der Waals surface area contributed by atoms with Crippen LogP contribution in [0.2, 0.25) is 0 Å². The summed E-state index contributed by atoms with van der Waals surface area (Å²) in [4.78, 5) is 10.1. The zero-order chi connectivity index (χ0) is 20.4. The second kappa shape index (κ2) is 8.29. The number of nitrogens with zero attached hydrogens (tertiary/aromatic N) is 2. The fourth-order valence-corrected chi connectivity index (χ4v) is 3.82. The first kappa shape index (κ1) is 19.5. The molecule has 2 aromatic carbocycles. The average molecular weight is 412 g/mol. The minimum Gasteiger partial charge on any atom is -0.493 e. The highest BCUT2D eigenvalue weighted by Crippen LogP contribution is 2.34. The van der Waals surface area contributed by atoms with Crippen molar-refractivity contribution in [1.29, 1.82) is 0 Å². The van der Waals surface area contributed by atoms with Gasteiger partial charge in [0.2, 0.25) is 0 Å². The van der Waals surface area contributed by atoms with Crippen molar-refractivity contribution in [2.75, 3.05) is 18.6 Å². The lowest BCUT2D eigenvalue weighted by atomic mass is 10.0. The Bertz CT molecular complexity index is 1040. The standard InChI is InChI=1S/C22H22FN3O2S/c1-13-17-10-15(23)6-8-20(17)27-9-3-4-14-5-7-16(29-2)11-18(14)19-12-25-21(24)22(26-19)28-13/h5-8,10-13H,3-4,9H2,1-2H3,(H2,24,25). The molecule has 1 aromatic heterocycles. The minimum absolute atomic E-state index is 0.192. The van der Waals surface area contributed by atoms with E-state index in [1.54, 1.807) is 24.0 Å². The molecule has 0 spiro atoms. The Morgan fingerprint density at radius 1 is 1.21 bits per heavy atom. The number of aromatic nitrogens is 2. The molecule has 0 saturated heterocycles. The van der Waals surface area contributed by atoms with Crippen molar-refractivity contribution in [3.05, 3.63) is 59.5 Å². The predicted molar refractivity (Wildman–Crippen MR) is 113 cm³/mol. The molecule has 4 rings (SSSR count). The first-order valence-electron chi connectivity index (χ1n) is 9.44. The van der Waals surface area contributed by atoms with Gasteiger partial charge in [0, 0.05) is 16.0 Å². The molecule has 1 aliphatic rings. The fourth-order valence-electron chi connectivity index (χ4n) is 3.38. The number of aryl methyl sites for hydroxylation is 1. The van der Waals surface area contributed by atoms with E-state index in [9.17, 15) is 4.39 Å². The van der Waals surface area contributed by atoms with Gasteiger partial charge in [-0.1, -0.05) is 6.07 Å². The van der Waals surface area contributed by atoms with E-state index in [-0.39, 0.29) is 17.5 Å². The van der Waals surface area contributed by atoms with Crippen LogP contribution in [0.25, 0.3) is 11.3 Å². The van der Waals surface area contributed by atoms with Gasteiger partial charge < -0.3 is 15.2 Å². The zero-order valence-corrected chi connectivity index (χ0v) is 17.1. The van der Waals surface area contributed by atoms with Crippen molar-refractivity contribution >= 4 is 17.6 Å². The van der Waals surface area contributed by atoms with Crippen molar-refractivity contribution in [3.63, 3.8) is 0 Å². The molecular formula is C22H22FN3O2S. The largest absolute Gasteiger partial charge is 0.493 e. The molecule has 2 heterocycles. The molecule has 0 aliphatic carbocycles. The highest BCUT2D eigenvalue weighted by molar-refractivity contribution is 7.98. The molecule has 7 heteroatoms. The number of ether oxygens (including phenoxy) is 2. The Hall–Kier alpha value is -2.80. The van der Waals surface area contributed by atoms with Gasteiger partial charge in [0.05, 0.1) is 18.5 Å². The van der Waals surface area contributed by atoms with Gasteiger partial charge in [0.25, 0.3) is 5.88 Å². The minimum atomic E-state index is -0.509. The third-order valence-corrected chi connectivity index (χ3v) is 5.63. The van der Waals surface area contributed by atoms with Crippen molar-refractivity contribution in [2.45, 2.75) is 30.8 Å². The second-order valence-corrected chi connectivity index (χ2v) is 7.74. The van der Waals surface area contributed by atoms with E-state index in [2.05, 4.69) is 28.2 Å². The Kier molecular flexibility index (Phi) is 5.58. The van der Waals surface area contributed by atoms with E-state index in [4.69, 9.17) is 15.2 Å². The van der Waals surface area contributed by atoms with Crippen molar-refractivity contribution in [1.82, 2.24) is 9.97 Å². The summed E-state index contributed by atoms with van der Waals surface area (Å²) < 4.78 is 25.8. The van der Waals surface area contributed by atoms with Crippen molar-refractivity contribution < 1.29 is 13.9 Å². The molecule has 0 amide bonds. The van der Waals surface area contributed by atoms with Crippen LogP contribution < -0.4 is 15.2 Å². The molecule has 1 aliphatic heterocycles. The van der Waals surface area contributed by atoms with Gasteiger partial charge in [0.15, 0.2) is 5.82 Å². The van der Waals surface area contributed by atoms with Crippen LogP contribution in [0.4, 0.5) is 10.2 Å². The molecule has 150 valence electrons. The van der Waals surface area contributed by atoms with Gasteiger partial charge in [0.1, 0.15) is 17.7 Å². The lowest BCUT2D eigenvalue weighted by molar-refractivity contribution is 0.208. The zero-order valence-electron chi connectivity index (χ0n) is 16.3. The van der Waals surface area contributed by atoms with Crippen LogP contribution in [0.15, 0.2) is 47.5 Å². The van der Waals surface area contributed by atoms with Crippen LogP contribution in [0.3, 0.4) is 0 Å². The molecular weight excluding hydrogens is 389 g/mol. The summed E-state index contributed by atoms with van der Waals surface area (Å²) in [6.07, 6.45) is 4.83. The maximum atomic E-state index is 13.9. The summed E-state index contributed by atoms with van der Waals surface area (Å²) in [5.41, 5.74) is 9.50. The van der Waals surface area contributed by atoms with Crippen LogP contribution in [0.5, 0.6) is 11.6 Å². The quantitative estimate of drug-likeness (QED) is 0.565. The first-order chi connectivity index (χ1) is 14.0. The number of hydrogen-bond donors (Lipinski definition) is 1. The maximum Gasteiger partial charge on any atom is 0.258 e. The average Bonchev–Trinajstić information content (AvgIpc) is 2.73. The molecule has 0 radical (unpaired) electrons. The van der Waals surface area contributed by atoms with Crippen LogP contribution in [0.1, 0.15) is 30.6 Å². The summed E-state index contributed by atoms with van der Waals surface area (Å²) in [7, 11) is 0. The van der Waals surface area contributed by atoms with Gasteiger partial charge in [-0.05, 0) is 61.9 Å². The third-order valence-electron chi connectivity index (χ3n) is 4.91. The fraction of sp³-hybridized carbons (Fsp3) is 0.273. The summed E-state index contributed by atoms with van der Waals surface area (Å²) >= 11 is 1.67. The van der Waals surface area contributed by atoms with E-state index in [0.29, 0.717) is 23.6 Å². The van der Waals surface area contributed by atoms with Crippen molar-refractivity contribution in [3.8, 4) is 22.9 Å². The summed E-state index contributed by atoms with van der Waals surface area (Å²) in [6, 6.07) is 10.8. The maximum absolute atomic E-state index is 13.9. The number of fused-ring (bicyclic) bond motifs is 5. The normalized spacial score (nSPS) is 16.2. The molecule has 0 saturated carbocycles. The molecule has 0 fully saturated rings. The van der Waals surface area contributed by atoms with Gasteiger partial charge in [-0.3, -0.25) is 0 Å². The number of hydrogen-bond acceptors (Lipinski definition) is 6. The number of nitrogens with two attached hydrogens (primary N) is 1. The van der Waals surface area contributed by atoms with E-state index in [1.165, 1.54) is 12.1 Å². The topological polar surface area (TPSA) is 70.3 Å². The number of nitrogen functional groups attached to an aromatic ring is 1. The molecule has 1 atom stereocenters. The van der Waals surface area contributed by atoms with Gasteiger partial charge in [-0.15, -0.1) is 11.8 Å². The number of halogens is 1. The van der Waals surface area contributed by atoms with Gasteiger partial charge >= 0.3 is 0 Å². The Balaban J connectivity index is 1.82. The number of rotatable bonds is 1. The van der Waals surface area contributed by atoms with Gasteiger partial charge in [-0.25, -0.2) is 14.4 Å². The monoisotopic (exact) mass is 411 g/mol. The van der Waals surface area contributed by atoms with E-state index in [0.717, 1.165) is 28.9 Å². The molecule has 5 nitrogen and oxygen atoms in total. The lowest BCUT2D eigenvalue weighted by Gasteiger charge is -2.19. The highest BCUT2D eigenvalue weighted by atomic mass is 32.2. The van der Waals surface area contributed by atoms with Gasteiger partial charge in [-0.2, -0.15) is 0 Å². The Morgan fingerprint density at radius 2 is 2.07 bits per heavy atom. The molecule has 29 heavy (non-hydrogen) atoms. The Labute approximate surface area is 173 Å². The lowest BCUT2D eigenvalue weighted by Crippen LogP contribution is -2.10. The molecule has 3 aromatic rings. The second-order valence-electron chi connectivity index (χ2n) is 6.86. The highest BCUT2D eigenvalue weighted by Gasteiger charge is 2.19. The van der Waals surface area contributed by atoms with Crippen LogP contribution >= 0.6 is 11.8 Å². The summed E-state index contributed by atoms with van der Waals surface area (Å²) in [5.74, 6) is 0.664. The molecule has 2 N–H and O–H groups in total. The predicted octanol–water partition coefficient (Wildman–Crippen LogP) is 5.05. The SMILES string of the molecule is CSc1ccc2c(c1)-c1cnc(N)c(n1)OC(C)c1cc(F)ccc1OCCC2. The van der Waals surface area contributed by atoms with E-state index >= 15 is 0 Å². The summed E-state index contributed by atoms with van der Waals surface area (Å²) in [5, 5.41) is 0. The van der Waals surface area contributed by atoms with Crippen LogP contribution in [0, 0.1) is 5.82 Å². The molecule has 1 unspecified atom stereocenters. The van der Waals surface area contributed by atoms with Crippen LogP contribution in [-0.2, 0) is 6.42 Å². The number of thioether (sulfide) groups is 1. The first-order valence-corrected chi connectivity index (χ1v) is 10.7. The Morgan fingerprint density at radius 3 is 2.90 bits per heavy atom. The summed E-state index contributed by atoms with van der Waals surface area (Å²) in [6.45, 7) is 2.33. The van der Waals surface area contributed by atoms with E-state index < -0.39 is 6.10 Å². The van der Waals surface area contributed by atoms with Crippen LogP contribution in [-0.4, -0.2) is 22.8 Å². The number of anilines is 1. The van der Waals surface area contributed by atoms with Crippen molar-refractivity contribution in [2.24, 2.45) is 0 Å². The van der Waals surface area contributed by atoms with E-state index in [1.807, 2.05) is 13.2 Å². The number of benzene rings is 2. The molecule has 2 bridgehead atoms. The smallest absolute Gasteiger partial charge is 0.258 e.